The fraction of sp³-hybridized carbons (Fsp3) is 0.714. The van der Waals surface area contributed by atoms with Crippen molar-refractivity contribution in [2.75, 3.05) is 13.6 Å². The molecule has 1 aliphatic carbocycles. The van der Waals surface area contributed by atoms with Gasteiger partial charge in [0.25, 0.3) is 0 Å². The lowest BCUT2D eigenvalue weighted by atomic mass is 10.1. The second-order valence-corrected chi connectivity index (χ2v) is 5.37. The van der Waals surface area contributed by atoms with Crippen molar-refractivity contribution in [3.63, 3.8) is 0 Å². The van der Waals surface area contributed by atoms with Gasteiger partial charge in [0.15, 0.2) is 0 Å². The highest BCUT2D eigenvalue weighted by Crippen LogP contribution is 2.25. The summed E-state index contributed by atoms with van der Waals surface area (Å²) in [7, 11) is 2.18. The molecule has 2 N–H and O–H groups in total. The van der Waals surface area contributed by atoms with Crippen LogP contribution in [0.3, 0.4) is 0 Å². The van der Waals surface area contributed by atoms with Gasteiger partial charge in [-0.1, -0.05) is 12.8 Å². The summed E-state index contributed by atoms with van der Waals surface area (Å²) in [5.41, 5.74) is 6.80. The Morgan fingerprint density at radius 2 is 2.12 bits per heavy atom. The molecule has 0 unspecified atom stereocenters. The van der Waals surface area contributed by atoms with Gasteiger partial charge < -0.3 is 10.2 Å². The fourth-order valence-corrected chi connectivity index (χ4v) is 2.84. The average Bonchev–Trinajstić information content (AvgIpc) is 2.88. The van der Waals surface area contributed by atoms with Crippen LogP contribution in [0.4, 0.5) is 0 Å². The van der Waals surface area contributed by atoms with E-state index in [4.69, 9.17) is 10.2 Å². The van der Waals surface area contributed by atoms with E-state index in [1.807, 2.05) is 0 Å². The minimum absolute atomic E-state index is 0.498. The number of furan rings is 1. The predicted octanol–water partition coefficient (Wildman–Crippen LogP) is 2.67. The van der Waals surface area contributed by atoms with E-state index in [9.17, 15) is 0 Å². The van der Waals surface area contributed by atoms with E-state index in [0.717, 1.165) is 24.0 Å². The van der Waals surface area contributed by atoms with E-state index in [-0.39, 0.29) is 0 Å². The van der Waals surface area contributed by atoms with Crippen molar-refractivity contribution in [3.8, 4) is 0 Å². The molecule has 0 atom stereocenters. The first-order valence-corrected chi connectivity index (χ1v) is 6.66. The first-order valence-electron chi connectivity index (χ1n) is 6.66. The molecule has 0 bridgehead atoms. The lowest BCUT2D eigenvalue weighted by Crippen LogP contribution is -2.23. The summed E-state index contributed by atoms with van der Waals surface area (Å²) in [5, 5.41) is 0. The molecule has 0 amide bonds. The van der Waals surface area contributed by atoms with Gasteiger partial charge in [0.05, 0.1) is 13.1 Å². The van der Waals surface area contributed by atoms with Gasteiger partial charge in [-0.25, -0.2) is 0 Å². The number of hydrogen-bond acceptors (Lipinski definition) is 3. The Morgan fingerprint density at radius 1 is 1.41 bits per heavy atom. The van der Waals surface area contributed by atoms with Crippen LogP contribution in [0.25, 0.3) is 0 Å². The van der Waals surface area contributed by atoms with E-state index in [1.54, 1.807) is 0 Å². The molecule has 3 heteroatoms. The standard InChI is InChI=1S/C14H24N2O/c1-11-7-13(17-14(11)8-15)10-16(2)9-12-5-3-4-6-12/h7,12H,3-6,8-10,15H2,1-2H3. The molecule has 1 fully saturated rings. The fourth-order valence-electron chi connectivity index (χ4n) is 2.84. The van der Waals surface area contributed by atoms with Crippen molar-refractivity contribution < 1.29 is 4.42 Å². The number of hydrogen-bond donors (Lipinski definition) is 1. The number of aryl methyl sites for hydroxylation is 1. The summed E-state index contributed by atoms with van der Waals surface area (Å²) in [6.07, 6.45) is 5.62. The minimum atomic E-state index is 0.498. The zero-order chi connectivity index (χ0) is 12.3. The Labute approximate surface area is 104 Å². The van der Waals surface area contributed by atoms with Gasteiger partial charge in [-0.2, -0.15) is 0 Å². The van der Waals surface area contributed by atoms with Crippen molar-refractivity contribution in [1.29, 1.82) is 0 Å². The van der Waals surface area contributed by atoms with Crippen LogP contribution < -0.4 is 5.73 Å². The topological polar surface area (TPSA) is 42.4 Å². The molecule has 1 aromatic heterocycles. The van der Waals surface area contributed by atoms with Crippen LogP contribution in [0.1, 0.15) is 42.8 Å². The molecule has 0 radical (unpaired) electrons. The van der Waals surface area contributed by atoms with Crippen molar-refractivity contribution >= 4 is 0 Å². The van der Waals surface area contributed by atoms with Gasteiger partial charge in [-0.3, -0.25) is 4.90 Å². The monoisotopic (exact) mass is 236 g/mol. The van der Waals surface area contributed by atoms with Crippen LogP contribution >= 0.6 is 0 Å². The molecule has 0 saturated heterocycles. The van der Waals surface area contributed by atoms with Crippen LogP contribution in [0.5, 0.6) is 0 Å². The maximum Gasteiger partial charge on any atom is 0.120 e. The summed E-state index contributed by atoms with van der Waals surface area (Å²) in [4.78, 5) is 2.37. The molecule has 1 aromatic rings. The van der Waals surface area contributed by atoms with Crippen LogP contribution in [-0.4, -0.2) is 18.5 Å². The third-order valence-corrected chi connectivity index (χ3v) is 3.73. The van der Waals surface area contributed by atoms with Crippen LogP contribution in [0.2, 0.25) is 0 Å². The summed E-state index contributed by atoms with van der Waals surface area (Å²) >= 11 is 0. The van der Waals surface area contributed by atoms with Gasteiger partial charge >= 0.3 is 0 Å². The van der Waals surface area contributed by atoms with Crippen molar-refractivity contribution in [2.45, 2.75) is 45.7 Å². The third kappa shape index (κ3) is 3.33. The highest BCUT2D eigenvalue weighted by molar-refractivity contribution is 5.19. The molecule has 0 aliphatic heterocycles. The average molecular weight is 236 g/mol. The van der Waals surface area contributed by atoms with Crippen molar-refractivity contribution in [3.05, 3.63) is 23.2 Å². The molecule has 96 valence electrons. The molecule has 2 rings (SSSR count). The molecule has 17 heavy (non-hydrogen) atoms. The van der Waals surface area contributed by atoms with Gasteiger partial charge in [-0.05, 0) is 44.4 Å². The summed E-state index contributed by atoms with van der Waals surface area (Å²) in [6, 6.07) is 2.12. The van der Waals surface area contributed by atoms with Gasteiger partial charge in [0.2, 0.25) is 0 Å². The normalized spacial score (nSPS) is 17.2. The van der Waals surface area contributed by atoms with E-state index in [0.29, 0.717) is 6.54 Å². The maximum atomic E-state index is 5.73. The Morgan fingerprint density at radius 3 is 2.71 bits per heavy atom. The highest BCUT2D eigenvalue weighted by Gasteiger charge is 2.17. The Kier molecular flexibility index (Phi) is 4.24. The SMILES string of the molecule is Cc1cc(CN(C)CC2CCCC2)oc1CN. The zero-order valence-electron chi connectivity index (χ0n) is 11.0. The molecule has 0 aromatic carbocycles. The van der Waals surface area contributed by atoms with Crippen molar-refractivity contribution in [2.24, 2.45) is 11.7 Å². The van der Waals surface area contributed by atoms with E-state index in [2.05, 4.69) is 24.9 Å². The maximum absolute atomic E-state index is 5.73. The molecule has 3 nitrogen and oxygen atoms in total. The lowest BCUT2D eigenvalue weighted by Gasteiger charge is -2.19. The van der Waals surface area contributed by atoms with E-state index < -0.39 is 0 Å². The third-order valence-electron chi connectivity index (χ3n) is 3.73. The molecule has 0 spiro atoms. The first kappa shape index (κ1) is 12.7. The van der Waals surface area contributed by atoms with E-state index >= 15 is 0 Å². The predicted molar refractivity (Wildman–Crippen MR) is 69.6 cm³/mol. The van der Waals surface area contributed by atoms with Crippen molar-refractivity contribution in [1.82, 2.24) is 4.90 Å². The van der Waals surface area contributed by atoms with Gasteiger partial charge in [-0.15, -0.1) is 0 Å². The molecule has 1 aliphatic rings. The molecular formula is C14H24N2O. The summed E-state index contributed by atoms with van der Waals surface area (Å²) in [6.45, 7) is 4.65. The van der Waals surface area contributed by atoms with Gasteiger partial charge in [0.1, 0.15) is 11.5 Å². The molecule has 1 saturated carbocycles. The number of rotatable bonds is 5. The number of nitrogens with zero attached hydrogens (tertiary/aromatic N) is 1. The highest BCUT2D eigenvalue weighted by atomic mass is 16.3. The minimum Gasteiger partial charge on any atom is -0.463 e. The Bertz CT molecular complexity index is 353. The Balaban J connectivity index is 1.86. The summed E-state index contributed by atoms with van der Waals surface area (Å²) in [5.74, 6) is 2.86. The first-order chi connectivity index (χ1) is 8.19. The van der Waals surface area contributed by atoms with Crippen LogP contribution in [0, 0.1) is 12.8 Å². The smallest absolute Gasteiger partial charge is 0.120 e. The molecular weight excluding hydrogens is 212 g/mol. The van der Waals surface area contributed by atoms with E-state index in [1.165, 1.54) is 37.8 Å². The summed E-state index contributed by atoms with van der Waals surface area (Å²) < 4.78 is 5.73. The zero-order valence-corrected chi connectivity index (χ0v) is 11.0. The second-order valence-electron chi connectivity index (χ2n) is 5.37. The Hall–Kier alpha value is -0.800. The lowest BCUT2D eigenvalue weighted by molar-refractivity contribution is 0.249. The van der Waals surface area contributed by atoms with Crippen LogP contribution in [-0.2, 0) is 13.1 Å². The van der Waals surface area contributed by atoms with Gasteiger partial charge in [0, 0.05) is 6.54 Å². The van der Waals surface area contributed by atoms with Crippen LogP contribution in [0.15, 0.2) is 10.5 Å². The second kappa shape index (κ2) is 5.69. The largest absolute Gasteiger partial charge is 0.463 e. The molecule has 1 heterocycles. The quantitative estimate of drug-likeness (QED) is 0.854. The number of nitrogens with two attached hydrogens (primary N) is 1.